The van der Waals surface area contributed by atoms with Gasteiger partial charge in [-0.05, 0) is 33.4 Å². The van der Waals surface area contributed by atoms with Gasteiger partial charge in [0.15, 0.2) is 0 Å². The first kappa shape index (κ1) is 14.8. The highest BCUT2D eigenvalue weighted by Gasteiger charge is 2.33. The standard InChI is InChI=1S/C15H29N3O/c1-16-12-14-15(19)18(11-7-10-17(14)2)13-8-5-3-4-6-9-13/h13-14,16H,3-12H2,1-2H3. The van der Waals surface area contributed by atoms with Crippen molar-refractivity contribution in [3.8, 4) is 0 Å². The Hall–Kier alpha value is -0.610. The second kappa shape index (κ2) is 7.25. The molecule has 1 saturated heterocycles. The third-order valence-electron chi connectivity index (χ3n) is 4.67. The van der Waals surface area contributed by atoms with E-state index in [1.165, 1.54) is 38.5 Å². The highest BCUT2D eigenvalue weighted by molar-refractivity contribution is 5.82. The van der Waals surface area contributed by atoms with Crippen molar-refractivity contribution in [2.45, 2.75) is 57.0 Å². The molecule has 1 heterocycles. The Morgan fingerprint density at radius 2 is 1.79 bits per heavy atom. The van der Waals surface area contributed by atoms with Crippen molar-refractivity contribution in [2.75, 3.05) is 33.7 Å². The second-order valence-electron chi connectivity index (χ2n) is 6.08. The summed E-state index contributed by atoms with van der Waals surface area (Å²) in [6.45, 7) is 2.74. The minimum Gasteiger partial charge on any atom is -0.338 e. The molecule has 1 saturated carbocycles. The smallest absolute Gasteiger partial charge is 0.241 e. The first-order chi connectivity index (χ1) is 9.24. The van der Waals surface area contributed by atoms with Crippen molar-refractivity contribution in [1.82, 2.24) is 15.1 Å². The van der Waals surface area contributed by atoms with Gasteiger partial charge in [0.2, 0.25) is 5.91 Å². The molecule has 4 heteroatoms. The monoisotopic (exact) mass is 267 g/mol. The van der Waals surface area contributed by atoms with Crippen LogP contribution in [0.3, 0.4) is 0 Å². The molecule has 0 radical (unpaired) electrons. The summed E-state index contributed by atoms with van der Waals surface area (Å²) >= 11 is 0. The van der Waals surface area contributed by atoms with Crippen LogP contribution >= 0.6 is 0 Å². The van der Waals surface area contributed by atoms with E-state index in [1.54, 1.807) is 0 Å². The lowest BCUT2D eigenvalue weighted by atomic mass is 10.1. The van der Waals surface area contributed by atoms with Crippen molar-refractivity contribution >= 4 is 5.91 Å². The lowest BCUT2D eigenvalue weighted by Crippen LogP contribution is -2.51. The quantitative estimate of drug-likeness (QED) is 0.786. The van der Waals surface area contributed by atoms with Gasteiger partial charge in [-0.1, -0.05) is 25.7 Å². The van der Waals surface area contributed by atoms with Gasteiger partial charge in [-0.15, -0.1) is 0 Å². The summed E-state index contributed by atoms with van der Waals surface area (Å²) in [6, 6.07) is 0.525. The fourth-order valence-corrected chi connectivity index (χ4v) is 3.50. The van der Waals surface area contributed by atoms with Gasteiger partial charge in [0.25, 0.3) is 0 Å². The van der Waals surface area contributed by atoms with Crippen molar-refractivity contribution < 1.29 is 4.79 Å². The summed E-state index contributed by atoms with van der Waals surface area (Å²) in [5.74, 6) is 0.348. The van der Waals surface area contributed by atoms with Crippen LogP contribution in [0.5, 0.6) is 0 Å². The number of carbonyl (C=O) groups excluding carboxylic acids is 1. The van der Waals surface area contributed by atoms with Crippen LogP contribution < -0.4 is 5.32 Å². The molecule has 19 heavy (non-hydrogen) atoms. The Labute approximate surface area is 117 Å². The molecule has 2 rings (SSSR count). The van der Waals surface area contributed by atoms with Gasteiger partial charge in [0, 0.05) is 25.7 Å². The zero-order chi connectivity index (χ0) is 13.7. The number of hydrogen-bond donors (Lipinski definition) is 1. The van der Waals surface area contributed by atoms with Crippen LogP contribution in [0.4, 0.5) is 0 Å². The number of rotatable bonds is 3. The molecule has 0 aromatic heterocycles. The summed E-state index contributed by atoms with van der Waals surface area (Å²) in [5, 5.41) is 3.17. The summed E-state index contributed by atoms with van der Waals surface area (Å²) in [4.78, 5) is 17.2. The van der Waals surface area contributed by atoms with Crippen LogP contribution in [-0.4, -0.2) is 61.5 Å². The fourth-order valence-electron chi connectivity index (χ4n) is 3.50. The maximum atomic E-state index is 12.8. The van der Waals surface area contributed by atoms with Crippen LogP contribution in [0.25, 0.3) is 0 Å². The molecule has 2 aliphatic rings. The maximum Gasteiger partial charge on any atom is 0.241 e. The third kappa shape index (κ3) is 3.69. The highest BCUT2D eigenvalue weighted by atomic mass is 16.2. The van der Waals surface area contributed by atoms with Gasteiger partial charge in [0.1, 0.15) is 6.04 Å². The second-order valence-corrected chi connectivity index (χ2v) is 6.08. The summed E-state index contributed by atoms with van der Waals surface area (Å²) in [5.41, 5.74) is 0. The lowest BCUT2D eigenvalue weighted by molar-refractivity contribution is -0.137. The average Bonchev–Trinajstić information content (AvgIpc) is 2.74. The highest BCUT2D eigenvalue weighted by Crippen LogP contribution is 2.24. The molecule has 0 aromatic carbocycles. The first-order valence-electron chi connectivity index (χ1n) is 7.89. The molecule has 0 aromatic rings. The van der Waals surface area contributed by atoms with Gasteiger partial charge in [-0.3, -0.25) is 9.69 Å². The molecule has 1 amide bonds. The predicted molar refractivity (Wildman–Crippen MR) is 78.2 cm³/mol. The SMILES string of the molecule is CNCC1C(=O)N(C2CCCCCC2)CCCN1C. The lowest BCUT2D eigenvalue weighted by Gasteiger charge is -2.33. The van der Waals surface area contributed by atoms with Crippen molar-refractivity contribution in [3.63, 3.8) is 0 Å². The van der Waals surface area contributed by atoms with Crippen LogP contribution in [0.1, 0.15) is 44.9 Å². The molecule has 110 valence electrons. The topological polar surface area (TPSA) is 35.6 Å². The van der Waals surface area contributed by atoms with E-state index in [-0.39, 0.29) is 6.04 Å². The molecular formula is C15H29N3O. The zero-order valence-corrected chi connectivity index (χ0v) is 12.5. The van der Waals surface area contributed by atoms with Gasteiger partial charge in [-0.2, -0.15) is 0 Å². The summed E-state index contributed by atoms with van der Waals surface area (Å²) in [6.07, 6.45) is 8.81. The minimum absolute atomic E-state index is 0.0238. The Morgan fingerprint density at radius 1 is 1.11 bits per heavy atom. The molecule has 1 N–H and O–H groups in total. The van der Waals surface area contributed by atoms with Crippen LogP contribution in [0, 0.1) is 0 Å². The van der Waals surface area contributed by atoms with Crippen molar-refractivity contribution in [2.24, 2.45) is 0 Å². The Morgan fingerprint density at radius 3 is 2.42 bits per heavy atom. The van der Waals surface area contributed by atoms with Crippen molar-refractivity contribution in [1.29, 1.82) is 0 Å². The van der Waals surface area contributed by atoms with Gasteiger partial charge in [0.05, 0.1) is 0 Å². The summed E-state index contributed by atoms with van der Waals surface area (Å²) < 4.78 is 0. The van der Waals surface area contributed by atoms with E-state index < -0.39 is 0 Å². The van der Waals surface area contributed by atoms with E-state index in [0.29, 0.717) is 11.9 Å². The molecule has 0 bridgehead atoms. The van der Waals surface area contributed by atoms with E-state index in [9.17, 15) is 4.79 Å². The van der Waals surface area contributed by atoms with E-state index in [1.807, 2.05) is 7.05 Å². The molecule has 4 nitrogen and oxygen atoms in total. The number of nitrogens with zero attached hydrogens (tertiary/aromatic N) is 2. The number of hydrogen-bond acceptors (Lipinski definition) is 3. The molecule has 2 fully saturated rings. The number of carbonyl (C=O) groups is 1. The molecule has 0 spiro atoms. The number of likely N-dealkylation sites (N-methyl/N-ethyl adjacent to an activating group) is 2. The predicted octanol–water partition coefficient (Wildman–Crippen LogP) is 1.46. The Bertz CT molecular complexity index is 287. The largest absolute Gasteiger partial charge is 0.338 e. The van der Waals surface area contributed by atoms with Gasteiger partial charge >= 0.3 is 0 Å². The van der Waals surface area contributed by atoms with E-state index in [2.05, 4.69) is 22.2 Å². The van der Waals surface area contributed by atoms with Crippen LogP contribution in [-0.2, 0) is 4.79 Å². The van der Waals surface area contributed by atoms with Crippen molar-refractivity contribution in [3.05, 3.63) is 0 Å². The van der Waals surface area contributed by atoms with Crippen LogP contribution in [0.2, 0.25) is 0 Å². The summed E-state index contributed by atoms with van der Waals surface area (Å²) in [7, 11) is 4.01. The van der Waals surface area contributed by atoms with Crippen LogP contribution in [0.15, 0.2) is 0 Å². The van der Waals surface area contributed by atoms with E-state index in [4.69, 9.17) is 0 Å². The fraction of sp³-hybridized carbons (Fsp3) is 0.933. The van der Waals surface area contributed by atoms with Gasteiger partial charge in [-0.25, -0.2) is 0 Å². The van der Waals surface area contributed by atoms with Gasteiger partial charge < -0.3 is 10.2 Å². The normalized spacial score (nSPS) is 28.2. The molecule has 1 unspecified atom stereocenters. The van der Waals surface area contributed by atoms with E-state index in [0.717, 1.165) is 26.1 Å². The molecular weight excluding hydrogens is 238 g/mol. The Balaban J connectivity index is 2.07. The molecule has 1 atom stereocenters. The number of amides is 1. The third-order valence-corrected chi connectivity index (χ3v) is 4.67. The zero-order valence-electron chi connectivity index (χ0n) is 12.5. The minimum atomic E-state index is 0.0238. The molecule has 1 aliphatic heterocycles. The maximum absolute atomic E-state index is 12.8. The Kier molecular flexibility index (Phi) is 5.64. The number of nitrogens with one attached hydrogen (secondary N) is 1. The first-order valence-corrected chi connectivity index (χ1v) is 7.89. The average molecular weight is 267 g/mol. The molecule has 1 aliphatic carbocycles. The van der Waals surface area contributed by atoms with E-state index >= 15 is 0 Å².